The van der Waals surface area contributed by atoms with Crippen LogP contribution in [0.1, 0.15) is 90.9 Å². The molecule has 0 aromatic heterocycles. The Hall–Kier alpha value is 1.51. The molecular weight excluding hydrogens is 315 g/mol. The molecule has 0 rings (SSSR count). The fourth-order valence-corrected chi connectivity index (χ4v) is 3.17. The quantitative estimate of drug-likeness (QED) is 0.306. The van der Waals surface area contributed by atoms with E-state index < -0.39 is 15.1 Å². The predicted octanol–water partition coefficient (Wildman–Crippen LogP) is 0.945. The molecule has 0 aliphatic heterocycles. The van der Waals surface area contributed by atoms with Crippen molar-refractivity contribution < 1.29 is 69.5 Å². The number of rotatable bonds is 13. The second-order valence-corrected chi connectivity index (χ2v) is 7.40. The number of unbranched alkanes of at least 4 members (excludes halogenated alkanes) is 8. The van der Waals surface area contributed by atoms with Gasteiger partial charge in [0.25, 0.3) is 0 Å². The minimum atomic E-state index is -4.64. The molecule has 0 amide bonds. The first kappa shape index (κ1) is 24.8. The Morgan fingerprint density at radius 1 is 0.810 bits per heavy atom. The Kier molecular flexibility index (Phi) is 16.4. The zero-order chi connectivity index (χ0) is 15.5. The fraction of sp³-hybridized carbons (Fsp3) is 1.00. The van der Waals surface area contributed by atoms with Gasteiger partial charge in [0, 0.05) is 0 Å². The average molecular weight is 347 g/mol. The third kappa shape index (κ3) is 11.6. The summed E-state index contributed by atoms with van der Waals surface area (Å²) in [5.74, 6) is 0. The Morgan fingerprint density at radius 2 is 1.14 bits per heavy atom. The van der Waals surface area contributed by atoms with Crippen LogP contribution in [0.2, 0.25) is 0 Å². The largest absolute Gasteiger partial charge is 1.00 e. The molecule has 0 bridgehead atoms. The minimum absolute atomic E-state index is 0. The smallest absolute Gasteiger partial charge is 0.746 e. The molecule has 0 spiro atoms. The van der Waals surface area contributed by atoms with Gasteiger partial charge in [-0.25, -0.2) is 8.42 Å². The van der Waals surface area contributed by atoms with Gasteiger partial charge < -0.3 is 9.66 Å². The van der Waals surface area contributed by atoms with E-state index in [1.807, 2.05) is 6.92 Å². The first-order valence-corrected chi connectivity index (χ1v) is 9.46. The average Bonchev–Trinajstić information content (AvgIpc) is 2.37. The van der Waals surface area contributed by atoms with Crippen molar-refractivity contribution in [3.05, 3.63) is 0 Å². The number of hydrogen-bond acceptors (Lipinski definition) is 4. The van der Waals surface area contributed by atoms with Crippen molar-refractivity contribution in [1.82, 2.24) is 0 Å². The fourth-order valence-electron chi connectivity index (χ4n) is 2.38. The van der Waals surface area contributed by atoms with Crippen LogP contribution < -0.4 is 51.4 Å². The van der Waals surface area contributed by atoms with Crippen LogP contribution in [-0.2, 0) is 10.1 Å². The molecule has 0 aromatic rings. The van der Waals surface area contributed by atoms with Crippen LogP contribution >= 0.6 is 0 Å². The summed E-state index contributed by atoms with van der Waals surface area (Å²) in [5.41, 5.74) is 0. The van der Waals surface area contributed by atoms with Crippen molar-refractivity contribution >= 4 is 10.1 Å². The van der Waals surface area contributed by atoms with Crippen LogP contribution in [0.3, 0.4) is 0 Å². The predicted molar refractivity (Wildman–Crippen MR) is 81.4 cm³/mol. The maximum absolute atomic E-state index is 11.2. The molecule has 0 fully saturated rings. The van der Waals surface area contributed by atoms with Gasteiger partial charge in [0.05, 0.1) is 0 Å². The van der Waals surface area contributed by atoms with Gasteiger partial charge in [-0.3, -0.25) is 0 Å². The Balaban J connectivity index is 0. The van der Waals surface area contributed by atoms with Crippen molar-refractivity contribution in [1.29, 1.82) is 0 Å². The molecule has 0 heterocycles. The summed E-state index contributed by atoms with van der Waals surface area (Å²) in [6.07, 6.45) is 9.84. The zero-order valence-electron chi connectivity index (χ0n) is 14.1. The zero-order valence-corrected chi connectivity index (χ0v) is 18.0. The summed E-state index contributed by atoms with van der Waals surface area (Å²) in [6, 6.07) is 0. The molecule has 0 aliphatic rings. The van der Waals surface area contributed by atoms with Crippen LogP contribution in [0.4, 0.5) is 0 Å². The van der Waals surface area contributed by atoms with Gasteiger partial charge in [-0.1, -0.05) is 65.2 Å². The molecule has 0 aliphatic carbocycles. The van der Waals surface area contributed by atoms with Gasteiger partial charge in [0.15, 0.2) is 4.93 Å². The van der Waals surface area contributed by atoms with Gasteiger partial charge in [-0.15, -0.1) is 0 Å². The molecule has 1 unspecified atom stereocenters. The number of hydrogen-bond donors (Lipinski definition) is 1. The summed E-state index contributed by atoms with van der Waals surface area (Å²) in [6.45, 7) is 4.16. The van der Waals surface area contributed by atoms with E-state index in [0.29, 0.717) is 12.8 Å². The van der Waals surface area contributed by atoms with Gasteiger partial charge in [0.1, 0.15) is 10.1 Å². The van der Waals surface area contributed by atoms with Crippen LogP contribution in [0, 0.1) is 0 Å². The number of aliphatic hydroxyl groups is 1. The second-order valence-electron chi connectivity index (χ2n) is 5.73. The molecule has 21 heavy (non-hydrogen) atoms. The van der Waals surface area contributed by atoms with E-state index in [-0.39, 0.29) is 64.2 Å². The van der Waals surface area contributed by atoms with Crippen molar-refractivity contribution in [2.45, 2.75) is 95.8 Å². The molecule has 4 nitrogen and oxygen atoms in total. The van der Waals surface area contributed by atoms with Crippen LogP contribution in [0.25, 0.3) is 0 Å². The second kappa shape index (κ2) is 13.9. The van der Waals surface area contributed by atoms with Gasteiger partial charge >= 0.3 is 51.4 Å². The maximum Gasteiger partial charge on any atom is 1.00 e. The van der Waals surface area contributed by atoms with E-state index in [1.54, 1.807) is 0 Å². The van der Waals surface area contributed by atoms with E-state index in [1.165, 1.54) is 19.3 Å². The van der Waals surface area contributed by atoms with E-state index in [0.717, 1.165) is 32.1 Å². The molecule has 0 aromatic carbocycles. The summed E-state index contributed by atoms with van der Waals surface area (Å²) < 4.78 is 33.7. The third-order valence-corrected chi connectivity index (χ3v) is 5.15. The van der Waals surface area contributed by atoms with Crippen LogP contribution in [0.5, 0.6) is 0 Å². The van der Waals surface area contributed by atoms with Crippen molar-refractivity contribution in [3.8, 4) is 0 Å². The van der Waals surface area contributed by atoms with Crippen molar-refractivity contribution in [2.75, 3.05) is 0 Å². The van der Waals surface area contributed by atoms with Gasteiger partial charge in [-0.2, -0.15) is 0 Å². The topological polar surface area (TPSA) is 77.4 Å². The SMILES string of the molecule is CCCCCCCCCC(O)(CCCCC)S(=O)(=O)[O-].[K+]. The van der Waals surface area contributed by atoms with Gasteiger partial charge in [0.2, 0.25) is 0 Å². The molecule has 0 saturated carbocycles. The van der Waals surface area contributed by atoms with E-state index >= 15 is 0 Å². The third-order valence-electron chi connectivity index (χ3n) is 3.81. The van der Waals surface area contributed by atoms with Crippen LogP contribution in [-0.4, -0.2) is 23.0 Å². The van der Waals surface area contributed by atoms with E-state index in [2.05, 4.69) is 6.92 Å². The van der Waals surface area contributed by atoms with Crippen LogP contribution in [0.15, 0.2) is 0 Å². The summed E-state index contributed by atoms with van der Waals surface area (Å²) >= 11 is 0. The summed E-state index contributed by atoms with van der Waals surface area (Å²) in [7, 11) is -4.64. The van der Waals surface area contributed by atoms with E-state index in [9.17, 15) is 18.1 Å². The summed E-state index contributed by atoms with van der Waals surface area (Å²) in [4.78, 5) is -2.05. The van der Waals surface area contributed by atoms with Gasteiger partial charge in [-0.05, 0) is 25.7 Å². The molecule has 122 valence electrons. The Morgan fingerprint density at radius 3 is 1.57 bits per heavy atom. The molecule has 1 atom stereocenters. The summed E-state index contributed by atoms with van der Waals surface area (Å²) in [5, 5.41) is 10.1. The molecule has 0 radical (unpaired) electrons. The first-order chi connectivity index (χ1) is 9.37. The monoisotopic (exact) mass is 346 g/mol. The van der Waals surface area contributed by atoms with Crippen molar-refractivity contribution in [3.63, 3.8) is 0 Å². The normalized spacial score (nSPS) is 14.5. The molecule has 0 saturated heterocycles. The van der Waals surface area contributed by atoms with Crippen molar-refractivity contribution in [2.24, 2.45) is 0 Å². The Bertz CT molecular complexity index is 333. The standard InChI is InChI=1S/C15H32O4S.K/c1-3-5-7-8-9-10-12-14-15(16,20(17,18)19)13-11-6-4-2;/h16H,3-14H2,1-2H3,(H,17,18,19);/q;+1/p-1. The molecule has 1 N–H and O–H groups in total. The first-order valence-electron chi connectivity index (χ1n) is 8.05. The Labute approximate surface area is 173 Å². The molecule has 6 heteroatoms. The molecular formula is C15H31KO4S. The van der Waals surface area contributed by atoms with E-state index in [4.69, 9.17) is 0 Å². The minimum Gasteiger partial charge on any atom is -0.746 e. The maximum atomic E-state index is 11.2.